The molecule has 0 amide bonds. The minimum Gasteiger partial charge on any atom is -0.497 e. The minimum absolute atomic E-state index is 0.0607. The number of aryl methyl sites for hydroxylation is 2. The minimum atomic E-state index is -0.735. The van der Waals surface area contributed by atoms with Gasteiger partial charge < -0.3 is 9.84 Å². The Hall–Kier alpha value is -2.33. The van der Waals surface area contributed by atoms with Crippen LogP contribution in [0.1, 0.15) is 41.1 Å². The van der Waals surface area contributed by atoms with E-state index in [1.807, 2.05) is 24.3 Å². The van der Waals surface area contributed by atoms with E-state index in [0.29, 0.717) is 6.42 Å². The molecule has 4 nitrogen and oxygen atoms in total. The van der Waals surface area contributed by atoms with Crippen LogP contribution in [0.25, 0.3) is 0 Å². The first-order valence-electron chi connectivity index (χ1n) is 8.71. The average molecular weight is 339 g/mol. The van der Waals surface area contributed by atoms with E-state index in [1.165, 1.54) is 16.7 Å². The van der Waals surface area contributed by atoms with Crippen molar-refractivity contribution in [3.8, 4) is 5.75 Å². The molecule has 3 rings (SSSR count). The lowest BCUT2D eigenvalue weighted by Crippen LogP contribution is -2.39. The molecular formula is C21H25NO3. The van der Waals surface area contributed by atoms with Crippen molar-refractivity contribution in [2.75, 3.05) is 13.7 Å². The molecule has 0 aliphatic carbocycles. The number of carboxylic acids is 1. The standard InChI is InChI=1S/C21H25NO3/c1-14-6-7-15(2)18(13-14)20(16-8-10-17(25-3)11-9-16)22-12-4-5-19(22)21(23)24/h6-11,13,19-20H,4-5,12H2,1-3H3,(H,23,24). The third-order valence-electron chi connectivity index (χ3n) is 5.07. The summed E-state index contributed by atoms with van der Waals surface area (Å²) in [5.41, 5.74) is 4.65. The van der Waals surface area contributed by atoms with E-state index >= 15 is 0 Å². The lowest BCUT2D eigenvalue weighted by Gasteiger charge is -2.33. The topological polar surface area (TPSA) is 49.8 Å². The first-order chi connectivity index (χ1) is 12.0. The van der Waals surface area contributed by atoms with Gasteiger partial charge in [-0.15, -0.1) is 0 Å². The molecule has 25 heavy (non-hydrogen) atoms. The van der Waals surface area contributed by atoms with Gasteiger partial charge in [-0.1, -0.05) is 35.9 Å². The summed E-state index contributed by atoms with van der Waals surface area (Å²) in [5.74, 6) is 0.0704. The molecule has 2 aromatic rings. The van der Waals surface area contributed by atoms with Gasteiger partial charge >= 0.3 is 5.97 Å². The predicted molar refractivity (Wildman–Crippen MR) is 98.1 cm³/mol. The maximum absolute atomic E-state index is 11.8. The highest BCUT2D eigenvalue weighted by molar-refractivity contribution is 5.74. The molecule has 2 aromatic carbocycles. The molecular weight excluding hydrogens is 314 g/mol. The highest BCUT2D eigenvalue weighted by Crippen LogP contribution is 2.37. The number of carbonyl (C=O) groups is 1. The van der Waals surface area contributed by atoms with E-state index in [4.69, 9.17) is 4.74 Å². The zero-order chi connectivity index (χ0) is 18.0. The summed E-state index contributed by atoms with van der Waals surface area (Å²) in [5, 5.41) is 9.67. The van der Waals surface area contributed by atoms with Gasteiger partial charge in [-0.25, -0.2) is 0 Å². The van der Waals surface area contributed by atoms with Crippen LogP contribution < -0.4 is 4.74 Å². The average Bonchev–Trinajstić information content (AvgIpc) is 3.08. The van der Waals surface area contributed by atoms with Gasteiger partial charge in [0, 0.05) is 6.54 Å². The lowest BCUT2D eigenvalue weighted by molar-refractivity contribution is -0.142. The molecule has 2 atom stereocenters. The molecule has 2 unspecified atom stereocenters. The van der Waals surface area contributed by atoms with Crippen molar-refractivity contribution in [3.63, 3.8) is 0 Å². The van der Waals surface area contributed by atoms with Crippen LogP contribution in [0.3, 0.4) is 0 Å². The van der Waals surface area contributed by atoms with Crippen LogP contribution in [0, 0.1) is 13.8 Å². The van der Waals surface area contributed by atoms with Crippen molar-refractivity contribution < 1.29 is 14.6 Å². The van der Waals surface area contributed by atoms with Crippen molar-refractivity contribution in [1.29, 1.82) is 0 Å². The third-order valence-corrected chi connectivity index (χ3v) is 5.07. The molecule has 1 aliphatic rings. The zero-order valence-electron chi connectivity index (χ0n) is 15.0. The van der Waals surface area contributed by atoms with Gasteiger partial charge in [-0.05, 0) is 55.5 Å². The number of aliphatic carboxylic acids is 1. The highest BCUT2D eigenvalue weighted by atomic mass is 16.5. The van der Waals surface area contributed by atoms with E-state index in [9.17, 15) is 9.90 Å². The Morgan fingerprint density at radius 3 is 2.56 bits per heavy atom. The number of hydrogen-bond acceptors (Lipinski definition) is 3. The Bertz CT molecular complexity index is 754. The van der Waals surface area contributed by atoms with Crippen LogP contribution >= 0.6 is 0 Å². The number of nitrogens with zero attached hydrogens (tertiary/aromatic N) is 1. The van der Waals surface area contributed by atoms with Crippen molar-refractivity contribution in [1.82, 2.24) is 4.90 Å². The molecule has 1 heterocycles. The monoisotopic (exact) mass is 339 g/mol. The second kappa shape index (κ2) is 7.28. The fourth-order valence-corrected chi connectivity index (χ4v) is 3.75. The van der Waals surface area contributed by atoms with Gasteiger partial charge in [0.25, 0.3) is 0 Å². The number of carboxylic acid groups (broad SMARTS) is 1. The SMILES string of the molecule is COc1ccc(C(c2cc(C)ccc2C)N2CCCC2C(=O)O)cc1. The van der Waals surface area contributed by atoms with Crippen LogP contribution in [0.2, 0.25) is 0 Å². The Kier molecular flexibility index (Phi) is 5.09. The van der Waals surface area contributed by atoms with E-state index in [1.54, 1.807) is 7.11 Å². The van der Waals surface area contributed by atoms with Crippen molar-refractivity contribution in [2.45, 2.75) is 38.8 Å². The molecule has 0 radical (unpaired) electrons. The number of benzene rings is 2. The summed E-state index contributed by atoms with van der Waals surface area (Å²) in [6.45, 7) is 4.96. The summed E-state index contributed by atoms with van der Waals surface area (Å²) in [6.07, 6.45) is 1.61. The van der Waals surface area contributed by atoms with E-state index < -0.39 is 12.0 Å². The maximum atomic E-state index is 11.8. The van der Waals surface area contributed by atoms with Crippen LogP contribution in [-0.4, -0.2) is 35.7 Å². The lowest BCUT2D eigenvalue weighted by atomic mass is 9.91. The molecule has 1 fully saturated rings. The summed E-state index contributed by atoms with van der Waals surface area (Å²) < 4.78 is 5.27. The molecule has 0 aromatic heterocycles. The summed E-state index contributed by atoms with van der Waals surface area (Å²) in [6, 6.07) is 13.9. The molecule has 0 saturated carbocycles. The van der Waals surface area contributed by atoms with Crippen LogP contribution in [0.4, 0.5) is 0 Å². The van der Waals surface area contributed by atoms with E-state index in [2.05, 4.69) is 36.9 Å². The van der Waals surface area contributed by atoms with E-state index in [0.717, 1.165) is 24.3 Å². The third kappa shape index (κ3) is 3.54. The highest BCUT2D eigenvalue weighted by Gasteiger charge is 2.37. The molecule has 1 N–H and O–H groups in total. The Morgan fingerprint density at radius 2 is 1.92 bits per heavy atom. The number of ether oxygens (including phenoxy) is 1. The normalized spacial score (nSPS) is 18.9. The summed E-state index contributed by atoms with van der Waals surface area (Å²) in [4.78, 5) is 13.9. The summed E-state index contributed by atoms with van der Waals surface area (Å²) >= 11 is 0. The Balaban J connectivity index is 2.10. The fraction of sp³-hybridized carbons (Fsp3) is 0.381. The number of likely N-dealkylation sites (tertiary alicyclic amines) is 1. The first kappa shape index (κ1) is 17.5. The molecule has 0 bridgehead atoms. The second-order valence-corrected chi connectivity index (χ2v) is 6.77. The smallest absolute Gasteiger partial charge is 0.320 e. The van der Waals surface area contributed by atoms with Gasteiger partial charge in [-0.2, -0.15) is 0 Å². The molecule has 0 spiro atoms. The van der Waals surface area contributed by atoms with Gasteiger partial charge in [0.1, 0.15) is 11.8 Å². The van der Waals surface area contributed by atoms with Crippen LogP contribution in [0.5, 0.6) is 5.75 Å². The van der Waals surface area contributed by atoms with E-state index in [-0.39, 0.29) is 6.04 Å². The number of hydrogen-bond donors (Lipinski definition) is 1. The molecule has 1 aliphatic heterocycles. The van der Waals surface area contributed by atoms with Gasteiger partial charge in [-0.3, -0.25) is 9.69 Å². The zero-order valence-corrected chi connectivity index (χ0v) is 15.0. The predicted octanol–water partition coefficient (Wildman–Crippen LogP) is 3.95. The number of rotatable bonds is 5. The largest absolute Gasteiger partial charge is 0.497 e. The quantitative estimate of drug-likeness (QED) is 0.896. The molecule has 4 heteroatoms. The fourth-order valence-electron chi connectivity index (χ4n) is 3.75. The van der Waals surface area contributed by atoms with Gasteiger partial charge in [0.15, 0.2) is 0 Å². The van der Waals surface area contributed by atoms with Gasteiger partial charge in [0.05, 0.1) is 13.2 Å². The van der Waals surface area contributed by atoms with Crippen LogP contribution in [-0.2, 0) is 4.79 Å². The van der Waals surface area contributed by atoms with Crippen molar-refractivity contribution in [2.24, 2.45) is 0 Å². The maximum Gasteiger partial charge on any atom is 0.320 e. The van der Waals surface area contributed by atoms with Crippen molar-refractivity contribution >= 4 is 5.97 Å². The molecule has 132 valence electrons. The Morgan fingerprint density at radius 1 is 1.20 bits per heavy atom. The van der Waals surface area contributed by atoms with Gasteiger partial charge in [0.2, 0.25) is 0 Å². The molecule has 1 saturated heterocycles. The Labute approximate surface area is 149 Å². The summed E-state index contributed by atoms with van der Waals surface area (Å²) in [7, 11) is 1.65. The van der Waals surface area contributed by atoms with Crippen LogP contribution in [0.15, 0.2) is 42.5 Å². The van der Waals surface area contributed by atoms with Crippen molar-refractivity contribution in [3.05, 3.63) is 64.7 Å². The number of methoxy groups -OCH3 is 1. The first-order valence-corrected chi connectivity index (χ1v) is 8.71. The second-order valence-electron chi connectivity index (χ2n) is 6.77.